The van der Waals surface area contributed by atoms with Crippen LogP contribution >= 0.6 is 12.4 Å². The first-order chi connectivity index (χ1) is 7.88. The Labute approximate surface area is 113 Å². The first-order valence-corrected chi connectivity index (χ1v) is 7.31. The molecule has 2 rings (SSSR count). The summed E-state index contributed by atoms with van der Waals surface area (Å²) >= 11 is 0. The minimum absolute atomic E-state index is 0. The minimum Gasteiger partial charge on any atom is -0.317 e. The lowest BCUT2D eigenvalue weighted by atomic mass is 9.94. The van der Waals surface area contributed by atoms with E-state index in [2.05, 4.69) is 17.1 Å². The van der Waals surface area contributed by atoms with E-state index in [1.54, 1.807) is 0 Å². The molecule has 0 spiro atoms. The molecule has 0 bridgehead atoms. The third-order valence-corrected chi connectivity index (χ3v) is 4.07. The van der Waals surface area contributed by atoms with E-state index < -0.39 is 0 Å². The summed E-state index contributed by atoms with van der Waals surface area (Å²) in [7, 11) is 0. The number of piperidine rings is 1. The Bertz CT molecular complexity index is 189. The lowest BCUT2D eigenvalue weighted by molar-refractivity contribution is 0.228. The number of hydrogen-bond acceptors (Lipinski definition) is 2. The maximum atomic E-state index is 3.46. The van der Waals surface area contributed by atoms with Crippen molar-refractivity contribution < 1.29 is 0 Å². The Balaban J connectivity index is 0.00000144. The third-order valence-electron chi connectivity index (χ3n) is 4.07. The number of nitrogens with one attached hydrogen (secondary N) is 1. The van der Waals surface area contributed by atoms with Crippen molar-refractivity contribution >= 4 is 12.4 Å². The SMILES string of the molecule is CCCN(CCC1CCNCC1)CC1CC1.Cl. The van der Waals surface area contributed by atoms with Crippen LogP contribution in [-0.4, -0.2) is 37.6 Å². The molecule has 3 heteroatoms. The number of halogens is 1. The summed E-state index contributed by atoms with van der Waals surface area (Å²) in [6.45, 7) is 8.88. The zero-order chi connectivity index (χ0) is 11.2. The van der Waals surface area contributed by atoms with Gasteiger partial charge in [0.05, 0.1) is 0 Å². The van der Waals surface area contributed by atoms with E-state index in [1.165, 1.54) is 71.2 Å². The maximum absolute atomic E-state index is 3.46. The first-order valence-electron chi connectivity index (χ1n) is 7.31. The molecule has 0 atom stereocenters. The molecule has 17 heavy (non-hydrogen) atoms. The van der Waals surface area contributed by atoms with Gasteiger partial charge in [-0.25, -0.2) is 0 Å². The predicted octanol–water partition coefficient (Wildman–Crippen LogP) is 2.92. The van der Waals surface area contributed by atoms with Crippen LogP contribution in [0.3, 0.4) is 0 Å². The van der Waals surface area contributed by atoms with Crippen LogP contribution in [0, 0.1) is 11.8 Å². The van der Waals surface area contributed by atoms with Gasteiger partial charge in [0.25, 0.3) is 0 Å². The normalized spacial score (nSPS) is 21.5. The monoisotopic (exact) mass is 260 g/mol. The van der Waals surface area contributed by atoms with Crippen LogP contribution < -0.4 is 5.32 Å². The summed E-state index contributed by atoms with van der Waals surface area (Å²) in [5.74, 6) is 2.05. The molecule has 1 N–H and O–H groups in total. The molecule has 1 heterocycles. The van der Waals surface area contributed by atoms with E-state index in [4.69, 9.17) is 0 Å². The molecule has 0 aromatic heterocycles. The minimum atomic E-state index is 0. The topological polar surface area (TPSA) is 15.3 Å². The highest BCUT2D eigenvalue weighted by Gasteiger charge is 2.24. The number of hydrogen-bond donors (Lipinski definition) is 1. The van der Waals surface area contributed by atoms with E-state index >= 15 is 0 Å². The fourth-order valence-electron chi connectivity index (χ4n) is 2.81. The van der Waals surface area contributed by atoms with Crippen molar-refractivity contribution in [1.82, 2.24) is 10.2 Å². The molecule has 2 aliphatic rings. The van der Waals surface area contributed by atoms with Crippen LogP contribution in [0.25, 0.3) is 0 Å². The number of nitrogens with zero attached hydrogens (tertiary/aromatic N) is 1. The van der Waals surface area contributed by atoms with Crippen LogP contribution in [0.5, 0.6) is 0 Å². The van der Waals surface area contributed by atoms with Gasteiger partial charge in [0, 0.05) is 6.54 Å². The summed E-state index contributed by atoms with van der Waals surface area (Å²) in [4.78, 5) is 2.72. The molecule has 0 radical (unpaired) electrons. The Morgan fingerprint density at radius 1 is 1.00 bits per heavy atom. The van der Waals surface area contributed by atoms with E-state index in [1.807, 2.05) is 0 Å². The summed E-state index contributed by atoms with van der Waals surface area (Å²) < 4.78 is 0. The predicted molar refractivity (Wildman–Crippen MR) is 76.9 cm³/mol. The fourth-order valence-corrected chi connectivity index (χ4v) is 2.81. The standard InChI is InChI=1S/C14H28N2.ClH/c1-2-10-16(12-14-3-4-14)11-7-13-5-8-15-9-6-13;/h13-15H,2-12H2,1H3;1H. The van der Waals surface area contributed by atoms with Crippen molar-refractivity contribution in [2.75, 3.05) is 32.7 Å². The maximum Gasteiger partial charge on any atom is 0.000966 e. The van der Waals surface area contributed by atoms with E-state index in [0.717, 1.165) is 11.8 Å². The quantitative estimate of drug-likeness (QED) is 0.757. The first kappa shape index (κ1) is 15.3. The lowest BCUT2D eigenvalue weighted by Gasteiger charge is -2.27. The summed E-state index contributed by atoms with van der Waals surface area (Å²) in [6, 6.07) is 0. The highest BCUT2D eigenvalue weighted by molar-refractivity contribution is 5.85. The van der Waals surface area contributed by atoms with E-state index in [-0.39, 0.29) is 12.4 Å². The molecule has 0 aromatic carbocycles. The zero-order valence-electron chi connectivity index (χ0n) is 11.3. The van der Waals surface area contributed by atoms with Crippen molar-refractivity contribution in [3.8, 4) is 0 Å². The third kappa shape index (κ3) is 6.08. The second-order valence-electron chi connectivity index (χ2n) is 5.73. The smallest absolute Gasteiger partial charge is 0.000966 e. The Hall–Kier alpha value is 0.210. The van der Waals surface area contributed by atoms with Crippen molar-refractivity contribution in [3.63, 3.8) is 0 Å². The summed E-state index contributed by atoms with van der Waals surface area (Å²) in [5.41, 5.74) is 0. The molecule has 0 unspecified atom stereocenters. The van der Waals surface area contributed by atoms with Crippen LogP contribution in [0.15, 0.2) is 0 Å². The highest BCUT2D eigenvalue weighted by atomic mass is 35.5. The van der Waals surface area contributed by atoms with Gasteiger partial charge in [-0.2, -0.15) is 0 Å². The molecule has 1 aliphatic heterocycles. The van der Waals surface area contributed by atoms with Gasteiger partial charge >= 0.3 is 0 Å². The van der Waals surface area contributed by atoms with Gasteiger partial charge in [-0.3, -0.25) is 0 Å². The molecule has 2 nitrogen and oxygen atoms in total. The van der Waals surface area contributed by atoms with Crippen LogP contribution in [-0.2, 0) is 0 Å². The molecular weight excluding hydrogens is 232 g/mol. The second-order valence-corrected chi connectivity index (χ2v) is 5.73. The van der Waals surface area contributed by atoms with Crippen molar-refractivity contribution in [2.45, 2.75) is 45.4 Å². The average Bonchev–Trinajstić information content (AvgIpc) is 3.12. The molecule has 0 amide bonds. The van der Waals surface area contributed by atoms with Crippen molar-refractivity contribution in [3.05, 3.63) is 0 Å². The second kappa shape index (κ2) is 8.34. The largest absolute Gasteiger partial charge is 0.317 e. The lowest BCUT2D eigenvalue weighted by Crippen LogP contribution is -2.32. The zero-order valence-corrected chi connectivity index (χ0v) is 12.1. The number of rotatable bonds is 7. The van der Waals surface area contributed by atoms with Gasteiger partial charge in [-0.1, -0.05) is 6.92 Å². The molecule has 1 aliphatic carbocycles. The Morgan fingerprint density at radius 2 is 1.71 bits per heavy atom. The molecule has 102 valence electrons. The Morgan fingerprint density at radius 3 is 2.29 bits per heavy atom. The summed E-state index contributed by atoms with van der Waals surface area (Å²) in [6.07, 6.45) is 8.56. The van der Waals surface area contributed by atoms with Gasteiger partial charge in [-0.15, -0.1) is 12.4 Å². The van der Waals surface area contributed by atoms with Gasteiger partial charge in [0.1, 0.15) is 0 Å². The van der Waals surface area contributed by atoms with Crippen LogP contribution in [0.1, 0.15) is 45.4 Å². The summed E-state index contributed by atoms with van der Waals surface area (Å²) in [5, 5.41) is 3.46. The fraction of sp³-hybridized carbons (Fsp3) is 1.00. The van der Waals surface area contributed by atoms with Crippen LogP contribution in [0.4, 0.5) is 0 Å². The molecule has 0 aromatic rings. The Kier molecular flexibility index (Phi) is 7.49. The average molecular weight is 261 g/mol. The van der Waals surface area contributed by atoms with Gasteiger partial charge < -0.3 is 10.2 Å². The van der Waals surface area contributed by atoms with E-state index in [0.29, 0.717) is 0 Å². The van der Waals surface area contributed by atoms with Crippen LogP contribution in [0.2, 0.25) is 0 Å². The van der Waals surface area contributed by atoms with Crippen molar-refractivity contribution in [1.29, 1.82) is 0 Å². The van der Waals surface area contributed by atoms with Gasteiger partial charge in [-0.05, 0) is 76.5 Å². The molecular formula is C14H29ClN2. The van der Waals surface area contributed by atoms with E-state index in [9.17, 15) is 0 Å². The molecule has 1 saturated carbocycles. The highest BCUT2D eigenvalue weighted by Crippen LogP contribution is 2.30. The van der Waals surface area contributed by atoms with Gasteiger partial charge in [0.15, 0.2) is 0 Å². The molecule has 1 saturated heterocycles. The molecule has 2 fully saturated rings. The van der Waals surface area contributed by atoms with Crippen molar-refractivity contribution in [2.24, 2.45) is 11.8 Å². The van der Waals surface area contributed by atoms with Gasteiger partial charge in [0.2, 0.25) is 0 Å².